The minimum absolute atomic E-state index is 0.134. The Morgan fingerprint density at radius 3 is 2.94 bits per heavy atom. The Kier molecular flexibility index (Phi) is 3.94. The zero-order valence-corrected chi connectivity index (χ0v) is 9.56. The van der Waals surface area contributed by atoms with Gasteiger partial charge in [-0.1, -0.05) is 35.5 Å². The molecular weight excluding hydrogens is 202 g/mol. The fourth-order valence-corrected chi connectivity index (χ4v) is 1.70. The van der Waals surface area contributed by atoms with Gasteiger partial charge < -0.3 is 9.57 Å². The first-order chi connectivity index (χ1) is 7.84. The minimum Gasteiger partial charge on any atom is -0.364 e. The highest BCUT2D eigenvalue weighted by Gasteiger charge is 2.16. The van der Waals surface area contributed by atoms with Crippen LogP contribution in [0, 0.1) is 0 Å². The molecule has 0 bridgehead atoms. The maximum Gasteiger partial charge on any atom is 0.226 e. The van der Waals surface area contributed by atoms with Crippen molar-refractivity contribution in [1.82, 2.24) is 0 Å². The largest absolute Gasteiger partial charge is 0.364 e. The monoisotopic (exact) mass is 219 g/mol. The van der Waals surface area contributed by atoms with E-state index < -0.39 is 0 Å². The normalized spacial score (nSPS) is 21.1. The third-order valence-corrected chi connectivity index (χ3v) is 2.52. The lowest BCUT2D eigenvalue weighted by molar-refractivity contribution is -0.110. The van der Waals surface area contributed by atoms with E-state index in [0.29, 0.717) is 0 Å². The molecule has 1 atom stereocenters. The van der Waals surface area contributed by atoms with Crippen molar-refractivity contribution in [2.24, 2.45) is 5.16 Å². The van der Waals surface area contributed by atoms with E-state index in [-0.39, 0.29) is 6.29 Å². The number of oxime groups is 1. The van der Waals surface area contributed by atoms with Crippen molar-refractivity contribution in [1.29, 1.82) is 0 Å². The van der Waals surface area contributed by atoms with Gasteiger partial charge in [-0.2, -0.15) is 0 Å². The summed E-state index contributed by atoms with van der Waals surface area (Å²) >= 11 is 0. The average Bonchev–Trinajstić information content (AvgIpc) is 2.81. The Labute approximate surface area is 96.1 Å². The second-order valence-electron chi connectivity index (χ2n) is 4.04. The summed E-state index contributed by atoms with van der Waals surface area (Å²) in [5, 5.41) is 4.09. The van der Waals surface area contributed by atoms with Crippen LogP contribution in [-0.4, -0.2) is 18.6 Å². The van der Waals surface area contributed by atoms with E-state index in [1.807, 2.05) is 25.1 Å². The minimum atomic E-state index is -0.134. The van der Waals surface area contributed by atoms with Gasteiger partial charge in [0, 0.05) is 12.8 Å². The van der Waals surface area contributed by atoms with E-state index in [4.69, 9.17) is 9.57 Å². The topological polar surface area (TPSA) is 30.8 Å². The van der Waals surface area contributed by atoms with E-state index in [9.17, 15) is 0 Å². The summed E-state index contributed by atoms with van der Waals surface area (Å²) in [6, 6.07) is 10.3. The summed E-state index contributed by atoms with van der Waals surface area (Å²) in [4.78, 5) is 5.30. The molecule has 0 saturated carbocycles. The van der Waals surface area contributed by atoms with Gasteiger partial charge in [0.05, 0.1) is 12.3 Å². The Hall–Kier alpha value is -1.35. The van der Waals surface area contributed by atoms with Gasteiger partial charge in [-0.15, -0.1) is 0 Å². The number of benzene rings is 1. The molecule has 1 unspecified atom stereocenters. The zero-order valence-electron chi connectivity index (χ0n) is 9.56. The number of nitrogens with zero attached hydrogens (tertiary/aromatic N) is 1. The quantitative estimate of drug-likeness (QED) is 0.576. The van der Waals surface area contributed by atoms with Crippen molar-refractivity contribution in [2.75, 3.05) is 6.61 Å². The van der Waals surface area contributed by atoms with Crippen LogP contribution in [0.5, 0.6) is 0 Å². The van der Waals surface area contributed by atoms with Gasteiger partial charge in [0.1, 0.15) is 0 Å². The third-order valence-electron chi connectivity index (χ3n) is 2.52. The van der Waals surface area contributed by atoms with E-state index in [0.717, 1.165) is 31.6 Å². The SMILES string of the molecule is CC(Cc1ccccc1)=NOC1CCCO1. The molecule has 3 heteroatoms. The lowest BCUT2D eigenvalue weighted by atomic mass is 10.1. The second-order valence-corrected chi connectivity index (χ2v) is 4.04. The first-order valence-corrected chi connectivity index (χ1v) is 5.69. The molecule has 1 fully saturated rings. The lowest BCUT2D eigenvalue weighted by Gasteiger charge is -2.07. The Morgan fingerprint density at radius 2 is 2.25 bits per heavy atom. The molecule has 1 aromatic rings. The molecule has 0 radical (unpaired) electrons. The van der Waals surface area contributed by atoms with E-state index in [1.165, 1.54) is 5.56 Å². The number of hydrogen-bond donors (Lipinski definition) is 0. The molecule has 0 N–H and O–H groups in total. The van der Waals surface area contributed by atoms with E-state index in [1.54, 1.807) is 0 Å². The van der Waals surface area contributed by atoms with Gasteiger partial charge in [0.15, 0.2) is 0 Å². The molecule has 1 saturated heterocycles. The van der Waals surface area contributed by atoms with E-state index >= 15 is 0 Å². The maximum absolute atomic E-state index is 5.32. The molecule has 2 rings (SSSR count). The van der Waals surface area contributed by atoms with Crippen LogP contribution in [0.15, 0.2) is 35.5 Å². The van der Waals surface area contributed by atoms with Gasteiger partial charge >= 0.3 is 0 Å². The maximum atomic E-state index is 5.32. The smallest absolute Gasteiger partial charge is 0.226 e. The molecule has 16 heavy (non-hydrogen) atoms. The summed E-state index contributed by atoms with van der Waals surface area (Å²) < 4.78 is 5.32. The van der Waals surface area contributed by atoms with E-state index in [2.05, 4.69) is 17.3 Å². The lowest BCUT2D eigenvalue weighted by Crippen LogP contribution is -2.08. The molecule has 1 aliphatic rings. The van der Waals surface area contributed by atoms with Crippen molar-refractivity contribution in [2.45, 2.75) is 32.5 Å². The summed E-state index contributed by atoms with van der Waals surface area (Å²) in [6.45, 7) is 2.76. The van der Waals surface area contributed by atoms with Crippen molar-refractivity contribution < 1.29 is 9.57 Å². The highest BCUT2D eigenvalue weighted by Crippen LogP contribution is 2.13. The van der Waals surface area contributed by atoms with Crippen LogP contribution in [0.4, 0.5) is 0 Å². The van der Waals surface area contributed by atoms with Crippen molar-refractivity contribution in [3.05, 3.63) is 35.9 Å². The Bertz CT molecular complexity index is 342. The summed E-state index contributed by atoms with van der Waals surface area (Å²) in [5.74, 6) is 0. The average molecular weight is 219 g/mol. The Balaban J connectivity index is 1.82. The molecule has 0 aromatic heterocycles. The van der Waals surface area contributed by atoms with Crippen LogP contribution >= 0.6 is 0 Å². The number of hydrogen-bond acceptors (Lipinski definition) is 3. The summed E-state index contributed by atoms with van der Waals surface area (Å²) in [7, 11) is 0. The third kappa shape index (κ3) is 3.35. The molecule has 0 spiro atoms. The van der Waals surface area contributed by atoms with Crippen LogP contribution < -0.4 is 0 Å². The van der Waals surface area contributed by atoms with Gasteiger partial charge in [-0.3, -0.25) is 0 Å². The number of rotatable bonds is 4. The molecule has 0 aliphatic carbocycles. The highest BCUT2D eigenvalue weighted by atomic mass is 16.8. The van der Waals surface area contributed by atoms with Gasteiger partial charge in [-0.25, -0.2) is 0 Å². The first kappa shape index (κ1) is 11.1. The molecule has 86 valence electrons. The zero-order chi connectivity index (χ0) is 11.2. The predicted octanol–water partition coefficient (Wildman–Crippen LogP) is 2.76. The van der Waals surface area contributed by atoms with Crippen LogP contribution in [-0.2, 0) is 16.0 Å². The fourth-order valence-electron chi connectivity index (χ4n) is 1.70. The van der Waals surface area contributed by atoms with Gasteiger partial charge in [0.25, 0.3) is 0 Å². The first-order valence-electron chi connectivity index (χ1n) is 5.69. The molecule has 3 nitrogen and oxygen atoms in total. The fraction of sp³-hybridized carbons (Fsp3) is 0.462. The molecular formula is C13H17NO2. The summed E-state index contributed by atoms with van der Waals surface area (Å²) in [6.07, 6.45) is 2.71. The Morgan fingerprint density at radius 1 is 1.44 bits per heavy atom. The van der Waals surface area contributed by atoms with Gasteiger partial charge in [-0.05, 0) is 18.9 Å². The standard InChI is InChI=1S/C13H17NO2/c1-11(10-12-6-3-2-4-7-12)14-16-13-8-5-9-15-13/h2-4,6-7,13H,5,8-10H2,1H3. The second kappa shape index (κ2) is 5.66. The predicted molar refractivity (Wildman–Crippen MR) is 63.3 cm³/mol. The van der Waals surface area contributed by atoms with Gasteiger partial charge in [0.2, 0.25) is 6.29 Å². The molecule has 1 aromatic carbocycles. The van der Waals surface area contributed by atoms with Crippen LogP contribution in [0.25, 0.3) is 0 Å². The van der Waals surface area contributed by atoms with Crippen molar-refractivity contribution >= 4 is 5.71 Å². The van der Waals surface area contributed by atoms with Crippen molar-refractivity contribution in [3.8, 4) is 0 Å². The molecule has 1 aliphatic heterocycles. The van der Waals surface area contributed by atoms with Crippen LogP contribution in [0.3, 0.4) is 0 Å². The molecule has 0 amide bonds. The number of ether oxygens (including phenoxy) is 1. The van der Waals surface area contributed by atoms with Crippen molar-refractivity contribution in [3.63, 3.8) is 0 Å². The summed E-state index contributed by atoms with van der Waals surface area (Å²) in [5.41, 5.74) is 2.22. The molecule has 1 heterocycles. The highest BCUT2D eigenvalue weighted by molar-refractivity contribution is 5.83. The van der Waals surface area contributed by atoms with Crippen LogP contribution in [0.2, 0.25) is 0 Å². The van der Waals surface area contributed by atoms with Crippen LogP contribution in [0.1, 0.15) is 25.3 Å².